The molecule has 0 nitrogen and oxygen atoms in total. The average Bonchev–Trinajstić information content (AvgIpc) is 2.89. The third-order valence-corrected chi connectivity index (χ3v) is 19.8. The Balaban J connectivity index is 2.31. The molecule has 32 heavy (non-hydrogen) atoms. The predicted molar refractivity (Wildman–Crippen MR) is 160 cm³/mol. The van der Waals surface area contributed by atoms with Crippen molar-refractivity contribution in [2.24, 2.45) is 0 Å². The monoisotopic (exact) mass is 584 g/mol. The van der Waals surface area contributed by atoms with Crippen LogP contribution in [0.2, 0.25) is 0 Å². The minimum atomic E-state index is -3.12. The molecule has 0 aliphatic carbocycles. The Bertz CT molecular complexity index is 1090. The summed E-state index contributed by atoms with van der Waals surface area (Å²) >= 11 is 6.58. The molecule has 0 radical (unpaired) electrons. The van der Waals surface area contributed by atoms with E-state index >= 15 is 0 Å². The van der Waals surface area contributed by atoms with Crippen LogP contribution in [0.5, 0.6) is 0 Å². The molecule has 4 rings (SSSR count). The van der Waals surface area contributed by atoms with E-state index in [1.165, 1.54) is 31.0 Å². The van der Waals surface area contributed by atoms with Crippen LogP contribution in [0.15, 0.2) is 126 Å². The van der Waals surface area contributed by atoms with E-state index in [2.05, 4.69) is 156 Å². The molecule has 162 valence electrons. The van der Waals surface area contributed by atoms with Crippen molar-refractivity contribution in [2.45, 2.75) is 0 Å². The third kappa shape index (κ3) is 3.88. The van der Waals surface area contributed by atoms with Crippen molar-refractivity contribution in [1.82, 2.24) is 0 Å². The molecular weight excluding hydrogens is 558 g/mol. The van der Waals surface area contributed by atoms with Crippen LogP contribution < -0.4 is 15.9 Å². The van der Waals surface area contributed by atoms with Gasteiger partial charge in [0.25, 0.3) is 0 Å². The molecule has 0 heterocycles. The van der Waals surface area contributed by atoms with Crippen LogP contribution >= 0.6 is 49.8 Å². The van der Waals surface area contributed by atoms with Crippen molar-refractivity contribution in [3.05, 3.63) is 131 Å². The van der Waals surface area contributed by atoms with Gasteiger partial charge >= 0.3 is 215 Å². The second kappa shape index (κ2) is 10.2. The first-order valence-electron chi connectivity index (χ1n) is 10.4. The van der Waals surface area contributed by atoms with Crippen LogP contribution in [0.1, 0.15) is 5.56 Å². The summed E-state index contributed by atoms with van der Waals surface area (Å²) < 4.78 is -1.76. The fraction of sp³-hybridized carbons (Fsp3) is 0.0714. The molecule has 0 saturated carbocycles. The molecule has 0 bridgehead atoms. The summed E-state index contributed by atoms with van der Waals surface area (Å²) in [5.41, 5.74) is 1.29. The maximum absolute atomic E-state index is 3.12. The first-order valence-corrected chi connectivity index (χ1v) is 17.9. The first-order chi connectivity index (χ1) is 15.6. The Morgan fingerprint density at radius 3 is 1.16 bits per heavy atom. The van der Waals surface area contributed by atoms with Crippen LogP contribution in [0.4, 0.5) is 0 Å². The van der Waals surface area contributed by atoms with Crippen LogP contribution in [0, 0.1) is 0 Å². The van der Waals surface area contributed by atoms with Gasteiger partial charge in [-0.3, -0.25) is 0 Å². The third-order valence-electron chi connectivity index (χ3n) is 5.75. The zero-order chi connectivity index (χ0) is 22.5. The van der Waals surface area contributed by atoms with E-state index in [-0.39, 0.29) is 0 Å². The minimum absolute atomic E-state index is 1.29. The van der Waals surface area contributed by atoms with E-state index in [0.717, 1.165) is 0 Å². The van der Waals surface area contributed by atoms with E-state index in [1.807, 2.05) is 23.5 Å². The van der Waals surface area contributed by atoms with E-state index in [1.54, 1.807) is 0 Å². The molecule has 0 unspecified atom stereocenters. The van der Waals surface area contributed by atoms with Crippen molar-refractivity contribution in [3.8, 4) is 0 Å². The fourth-order valence-corrected chi connectivity index (χ4v) is 17.6. The van der Waals surface area contributed by atoms with Gasteiger partial charge in [0.15, 0.2) is 0 Å². The van der Waals surface area contributed by atoms with Crippen LogP contribution in [-0.4, -0.2) is 12.5 Å². The van der Waals surface area contributed by atoms with Gasteiger partial charge in [0.05, 0.1) is 0 Å². The Labute approximate surface area is 213 Å². The molecule has 0 aliphatic heterocycles. The van der Waals surface area contributed by atoms with Gasteiger partial charge in [0, 0.05) is 0 Å². The van der Waals surface area contributed by atoms with Crippen molar-refractivity contribution in [3.63, 3.8) is 0 Å². The van der Waals surface area contributed by atoms with Crippen LogP contribution in [0.25, 0.3) is 5.31 Å². The number of thioether (sulfide) groups is 2. The summed E-state index contributed by atoms with van der Waals surface area (Å²) in [5.74, 6) is 0. The molecule has 4 heteroatoms. The molecule has 0 saturated heterocycles. The molecule has 4 aromatic rings. The number of rotatable bonds is 7. The first kappa shape index (κ1) is 23.6. The molecule has 4 aromatic carbocycles. The summed E-state index contributed by atoms with van der Waals surface area (Å²) in [6, 6.07) is 44.4. The standard InChI is InChI=1S/C28H26IPS2/c1-31-28(32-2)27(23-15-7-3-8-16-23)30(29,24-17-9-4-10-18-24,25-19-11-5-12-20-25)26-21-13-6-14-22-26/h3-22H,1-2H3. The number of hydrogen-bond acceptors (Lipinski definition) is 2. The fourth-order valence-electron chi connectivity index (χ4n) is 4.36. The Hall–Kier alpha value is -1.52. The van der Waals surface area contributed by atoms with Crippen molar-refractivity contribution in [2.75, 3.05) is 12.5 Å². The van der Waals surface area contributed by atoms with E-state index in [0.29, 0.717) is 0 Å². The van der Waals surface area contributed by atoms with Crippen molar-refractivity contribution >= 4 is 71.0 Å². The Morgan fingerprint density at radius 1 is 0.531 bits per heavy atom. The van der Waals surface area contributed by atoms with Gasteiger partial charge in [0.1, 0.15) is 0 Å². The summed E-state index contributed by atoms with van der Waals surface area (Å²) in [6.45, 7) is 0. The topological polar surface area (TPSA) is 0 Å². The Morgan fingerprint density at radius 2 is 0.844 bits per heavy atom. The van der Waals surface area contributed by atoms with Crippen LogP contribution in [0.3, 0.4) is 0 Å². The molecule has 0 amide bonds. The maximum atomic E-state index is 2.88. The van der Waals surface area contributed by atoms with Gasteiger partial charge in [-0.2, -0.15) is 0 Å². The molecule has 0 aromatic heterocycles. The summed E-state index contributed by atoms with van der Waals surface area (Å²) in [5, 5.41) is 5.55. The molecule has 0 atom stereocenters. The van der Waals surface area contributed by atoms with Gasteiger partial charge < -0.3 is 0 Å². The SMILES string of the molecule is CSC(SC)=C(c1ccccc1)P(I)(c1ccccc1)(c1ccccc1)c1ccccc1. The van der Waals surface area contributed by atoms with Crippen molar-refractivity contribution in [1.29, 1.82) is 0 Å². The zero-order valence-corrected chi connectivity index (χ0v) is 22.9. The molecule has 0 aliphatic rings. The van der Waals surface area contributed by atoms with Crippen LogP contribution in [-0.2, 0) is 0 Å². The number of hydrogen-bond donors (Lipinski definition) is 0. The second-order valence-electron chi connectivity index (χ2n) is 7.43. The average molecular weight is 585 g/mol. The quantitative estimate of drug-likeness (QED) is 0.160. The molecule has 0 N–H and O–H groups in total. The number of halogens is 1. The predicted octanol–water partition coefficient (Wildman–Crippen LogP) is 7.92. The van der Waals surface area contributed by atoms with Crippen molar-refractivity contribution < 1.29 is 0 Å². The van der Waals surface area contributed by atoms with Gasteiger partial charge in [-0.25, -0.2) is 0 Å². The number of benzene rings is 4. The zero-order valence-electron chi connectivity index (χ0n) is 18.2. The molecule has 0 spiro atoms. The summed E-state index contributed by atoms with van der Waals surface area (Å²) in [7, 11) is 0. The van der Waals surface area contributed by atoms with E-state index < -0.39 is 4.25 Å². The van der Waals surface area contributed by atoms with E-state index in [9.17, 15) is 0 Å². The summed E-state index contributed by atoms with van der Waals surface area (Å²) in [6.07, 6.45) is 4.40. The van der Waals surface area contributed by atoms with Gasteiger partial charge in [-0.1, -0.05) is 0 Å². The summed E-state index contributed by atoms with van der Waals surface area (Å²) in [4.78, 5) is 0. The molecule has 0 fully saturated rings. The molecular formula is C28H26IPS2. The Kier molecular flexibility index (Phi) is 7.51. The van der Waals surface area contributed by atoms with Gasteiger partial charge in [-0.05, 0) is 0 Å². The second-order valence-corrected chi connectivity index (χ2v) is 19.1. The van der Waals surface area contributed by atoms with Gasteiger partial charge in [0.2, 0.25) is 0 Å². The van der Waals surface area contributed by atoms with E-state index in [4.69, 9.17) is 0 Å². The normalized spacial score (nSPS) is 12.5. The van der Waals surface area contributed by atoms with Gasteiger partial charge in [-0.15, -0.1) is 0 Å².